The van der Waals surface area contributed by atoms with Crippen LogP contribution in [-0.4, -0.2) is 38.6 Å². The third-order valence-corrected chi connectivity index (χ3v) is 3.40. The molecule has 0 atom stereocenters. The second-order valence-corrected chi connectivity index (χ2v) is 5.09. The van der Waals surface area contributed by atoms with Gasteiger partial charge in [-0.05, 0) is 23.8 Å². The minimum Gasteiger partial charge on any atom is -0.508 e. The number of phenols is 1. The number of hydrogen-bond acceptors (Lipinski definition) is 6. The van der Waals surface area contributed by atoms with Gasteiger partial charge < -0.3 is 19.3 Å². The Kier molecular flexibility index (Phi) is 6.22. The van der Waals surface area contributed by atoms with Crippen LogP contribution < -0.4 is 19.6 Å². The molecule has 2 rings (SSSR count). The van der Waals surface area contributed by atoms with Gasteiger partial charge in [0.25, 0.3) is 0 Å². The number of hydrazone groups is 1. The number of carbonyl (C=O) groups is 1. The van der Waals surface area contributed by atoms with E-state index in [1.165, 1.54) is 33.6 Å². The van der Waals surface area contributed by atoms with Gasteiger partial charge in [-0.2, -0.15) is 5.10 Å². The number of nitrogens with zero attached hydrogens (tertiary/aromatic N) is 1. The summed E-state index contributed by atoms with van der Waals surface area (Å²) < 4.78 is 15.7. The van der Waals surface area contributed by atoms with E-state index >= 15 is 0 Å². The van der Waals surface area contributed by atoms with E-state index in [-0.39, 0.29) is 18.1 Å². The van der Waals surface area contributed by atoms with Crippen molar-refractivity contribution in [3.63, 3.8) is 0 Å². The van der Waals surface area contributed by atoms with Gasteiger partial charge in [0.15, 0.2) is 11.5 Å². The van der Waals surface area contributed by atoms with E-state index in [1.807, 2.05) is 0 Å². The van der Waals surface area contributed by atoms with E-state index in [2.05, 4.69) is 10.5 Å². The second-order valence-electron chi connectivity index (χ2n) is 5.09. The number of ether oxygens (including phenoxy) is 3. The van der Waals surface area contributed by atoms with E-state index in [1.54, 1.807) is 30.3 Å². The lowest BCUT2D eigenvalue weighted by atomic mass is 10.1. The van der Waals surface area contributed by atoms with Gasteiger partial charge in [-0.3, -0.25) is 4.79 Å². The molecule has 7 heteroatoms. The lowest BCUT2D eigenvalue weighted by molar-refractivity contribution is -0.120. The fourth-order valence-electron chi connectivity index (χ4n) is 2.22. The monoisotopic (exact) mass is 344 g/mol. The molecule has 0 radical (unpaired) electrons. The first kappa shape index (κ1) is 18.1. The van der Waals surface area contributed by atoms with Crippen LogP contribution >= 0.6 is 0 Å². The number of nitrogens with one attached hydrogen (secondary N) is 1. The Hall–Kier alpha value is -3.22. The quantitative estimate of drug-likeness (QED) is 0.593. The topological polar surface area (TPSA) is 89.4 Å². The molecule has 0 aliphatic rings. The van der Waals surface area contributed by atoms with Crippen molar-refractivity contribution >= 4 is 12.1 Å². The molecule has 0 spiro atoms. The van der Waals surface area contributed by atoms with Gasteiger partial charge in [-0.15, -0.1) is 0 Å². The number of benzene rings is 2. The highest BCUT2D eigenvalue weighted by Gasteiger charge is 2.10. The number of amides is 1. The average molecular weight is 344 g/mol. The molecule has 0 aliphatic carbocycles. The molecular weight excluding hydrogens is 324 g/mol. The molecule has 0 unspecified atom stereocenters. The molecule has 0 aliphatic heterocycles. The molecule has 2 N–H and O–H groups in total. The van der Waals surface area contributed by atoms with Crippen molar-refractivity contribution in [2.75, 3.05) is 21.3 Å². The molecule has 0 fully saturated rings. The average Bonchev–Trinajstić information content (AvgIpc) is 2.61. The molecule has 0 bridgehead atoms. The van der Waals surface area contributed by atoms with E-state index < -0.39 is 0 Å². The summed E-state index contributed by atoms with van der Waals surface area (Å²) in [6.45, 7) is 0. The molecule has 0 saturated carbocycles. The highest BCUT2D eigenvalue weighted by molar-refractivity contribution is 5.87. The van der Waals surface area contributed by atoms with E-state index in [0.29, 0.717) is 28.4 Å². The van der Waals surface area contributed by atoms with Crippen molar-refractivity contribution in [1.29, 1.82) is 0 Å². The van der Waals surface area contributed by atoms with Crippen molar-refractivity contribution in [3.8, 4) is 23.0 Å². The lowest BCUT2D eigenvalue weighted by Crippen LogP contribution is -2.19. The van der Waals surface area contributed by atoms with Crippen molar-refractivity contribution in [2.24, 2.45) is 5.10 Å². The number of aromatic hydroxyl groups is 1. The van der Waals surface area contributed by atoms with Gasteiger partial charge in [0.2, 0.25) is 5.91 Å². The highest BCUT2D eigenvalue weighted by Crippen LogP contribution is 2.33. The summed E-state index contributed by atoms with van der Waals surface area (Å²) in [6.07, 6.45) is 1.57. The molecular formula is C18H20N2O5. The zero-order valence-corrected chi connectivity index (χ0v) is 14.3. The van der Waals surface area contributed by atoms with Crippen LogP contribution in [0.3, 0.4) is 0 Å². The standard InChI is InChI=1S/C18H20N2O5/c1-23-15-10-17(25-3)16(24-2)9-13(15)11-19-20-18(22)8-12-5-4-6-14(21)7-12/h4-7,9-11,21H,8H2,1-3H3,(H,20,22)/b19-11+. The van der Waals surface area contributed by atoms with Gasteiger partial charge in [0, 0.05) is 11.6 Å². The summed E-state index contributed by atoms with van der Waals surface area (Å²) in [7, 11) is 4.59. The van der Waals surface area contributed by atoms with Crippen molar-refractivity contribution < 1.29 is 24.1 Å². The summed E-state index contributed by atoms with van der Waals surface area (Å²) in [5.74, 6) is 1.40. The number of phenolic OH excluding ortho intramolecular Hbond substituents is 1. The summed E-state index contributed by atoms with van der Waals surface area (Å²) in [5, 5.41) is 13.3. The van der Waals surface area contributed by atoms with E-state index in [9.17, 15) is 9.90 Å². The Bertz CT molecular complexity index is 774. The van der Waals surface area contributed by atoms with Crippen LogP contribution in [0.25, 0.3) is 0 Å². The molecule has 0 heterocycles. The lowest BCUT2D eigenvalue weighted by Gasteiger charge is -2.11. The van der Waals surface area contributed by atoms with Crippen LogP contribution in [0.4, 0.5) is 0 Å². The summed E-state index contributed by atoms with van der Waals surface area (Å²) in [4.78, 5) is 11.9. The second kappa shape index (κ2) is 8.58. The van der Waals surface area contributed by atoms with Gasteiger partial charge in [-0.1, -0.05) is 12.1 Å². The maximum atomic E-state index is 11.9. The van der Waals surface area contributed by atoms with E-state index in [0.717, 1.165) is 0 Å². The molecule has 2 aromatic carbocycles. The minimum atomic E-state index is -0.304. The van der Waals surface area contributed by atoms with Gasteiger partial charge in [0.1, 0.15) is 11.5 Å². The van der Waals surface area contributed by atoms with Crippen LogP contribution in [-0.2, 0) is 11.2 Å². The SMILES string of the molecule is COc1cc(OC)c(OC)cc1/C=N/NC(=O)Cc1cccc(O)c1. The summed E-state index contributed by atoms with van der Waals surface area (Å²) in [6, 6.07) is 9.87. The maximum Gasteiger partial charge on any atom is 0.244 e. The zero-order valence-electron chi connectivity index (χ0n) is 14.3. The van der Waals surface area contributed by atoms with E-state index in [4.69, 9.17) is 14.2 Å². The highest BCUT2D eigenvalue weighted by atomic mass is 16.5. The van der Waals surface area contributed by atoms with Gasteiger partial charge >= 0.3 is 0 Å². The Morgan fingerprint density at radius 1 is 1.08 bits per heavy atom. The zero-order chi connectivity index (χ0) is 18.2. The third-order valence-electron chi connectivity index (χ3n) is 3.40. The van der Waals surface area contributed by atoms with Crippen LogP contribution in [0.15, 0.2) is 41.5 Å². The van der Waals surface area contributed by atoms with Gasteiger partial charge in [-0.25, -0.2) is 5.43 Å². The van der Waals surface area contributed by atoms with Gasteiger partial charge in [0.05, 0.1) is 34.0 Å². The Morgan fingerprint density at radius 2 is 1.76 bits per heavy atom. The number of hydrogen-bond donors (Lipinski definition) is 2. The Balaban J connectivity index is 2.07. The third kappa shape index (κ3) is 4.87. The molecule has 25 heavy (non-hydrogen) atoms. The first-order valence-electron chi connectivity index (χ1n) is 7.47. The normalized spacial score (nSPS) is 10.5. The number of rotatable bonds is 7. The Labute approximate surface area is 145 Å². The van der Waals surface area contributed by atoms with Crippen molar-refractivity contribution in [1.82, 2.24) is 5.43 Å². The summed E-state index contributed by atoms with van der Waals surface area (Å²) >= 11 is 0. The molecule has 7 nitrogen and oxygen atoms in total. The fourth-order valence-corrected chi connectivity index (χ4v) is 2.22. The molecule has 0 saturated heterocycles. The first-order valence-corrected chi connectivity index (χ1v) is 7.47. The first-order chi connectivity index (χ1) is 12.1. The molecule has 2 aromatic rings. The minimum absolute atomic E-state index is 0.106. The predicted molar refractivity (Wildman–Crippen MR) is 93.6 cm³/mol. The predicted octanol–water partition coefficient (Wildman–Crippen LogP) is 2.11. The molecule has 132 valence electrons. The van der Waals surface area contributed by atoms with Crippen LogP contribution in [0.1, 0.15) is 11.1 Å². The van der Waals surface area contributed by atoms with Crippen molar-refractivity contribution in [3.05, 3.63) is 47.5 Å². The largest absolute Gasteiger partial charge is 0.508 e. The Morgan fingerprint density at radius 3 is 2.40 bits per heavy atom. The maximum absolute atomic E-state index is 11.9. The smallest absolute Gasteiger partial charge is 0.244 e. The van der Waals surface area contributed by atoms with Crippen LogP contribution in [0.2, 0.25) is 0 Å². The molecule has 1 amide bonds. The fraction of sp³-hybridized carbons (Fsp3) is 0.222. The molecule has 0 aromatic heterocycles. The summed E-state index contributed by atoms with van der Waals surface area (Å²) in [5.41, 5.74) is 3.75. The number of carbonyl (C=O) groups excluding carboxylic acids is 1. The number of methoxy groups -OCH3 is 3. The van der Waals surface area contributed by atoms with Crippen molar-refractivity contribution in [2.45, 2.75) is 6.42 Å². The van der Waals surface area contributed by atoms with Crippen LogP contribution in [0.5, 0.6) is 23.0 Å². The van der Waals surface area contributed by atoms with Crippen LogP contribution in [0, 0.1) is 0 Å².